The summed E-state index contributed by atoms with van der Waals surface area (Å²) in [4.78, 5) is 14.5. The van der Waals surface area contributed by atoms with E-state index in [0.29, 0.717) is 37.7 Å². The fraction of sp³-hybridized carbons (Fsp3) is 0.500. The number of hydrogen-bond acceptors (Lipinski definition) is 4. The molecule has 0 bridgehead atoms. The molecule has 0 atom stereocenters. The standard InChI is InChI=1S/C20H25N3O2/c21-20-17-13-23(11-10-18(17)22-25-20)19(24)12-14-6-8-16(9-7-14)15-4-2-1-3-5-15/h6-9,15H,1-5,10-13,21H2. The largest absolute Gasteiger partial charge is 0.367 e. The molecule has 1 saturated carbocycles. The van der Waals surface area contributed by atoms with E-state index in [1.54, 1.807) is 0 Å². The minimum Gasteiger partial charge on any atom is -0.367 e. The number of hydrogen-bond donors (Lipinski definition) is 1. The number of carbonyl (C=O) groups excluding carboxylic acids is 1. The smallest absolute Gasteiger partial charge is 0.227 e. The van der Waals surface area contributed by atoms with E-state index in [1.165, 1.54) is 37.7 Å². The summed E-state index contributed by atoms with van der Waals surface area (Å²) < 4.78 is 5.02. The number of benzene rings is 1. The predicted octanol–water partition coefficient (Wildman–Crippen LogP) is 3.43. The highest BCUT2D eigenvalue weighted by molar-refractivity contribution is 5.79. The highest BCUT2D eigenvalue weighted by atomic mass is 16.5. The molecule has 2 aliphatic rings. The average Bonchev–Trinajstić information content (AvgIpc) is 3.03. The van der Waals surface area contributed by atoms with Gasteiger partial charge in [-0.1, -0.05) is 48.7 Å². The maximum atomic E-state index is 12.6. The van der Waals surface area contributed by atoms with Crippen molar-refractivity contribution in [3.8, 4) is 0 Å². The van der Waals surface area contributed by atoms with Gasteiger partial charge in [-0.15, -0.1) is 0 Å². The van der Waals surface area contributed by atoms with Gasteiger partial charge in [0.25, 0.3) is 0 Å². The molecule has 1 aliphatic heterocycles. The Morgan fingerprint density at radius 2 is 1.96 bits per heavy atom. The second-order valence-electron chi connectivity index (χ2n) is 7.29. The second kappa shape index (κ2) is 6.90. The maximum Gasteiger partial charge on any atom is 0.227 e. The van der Waals surface area contributed by atoms with Crippen LogP contribution < -0.4 is 5.73 Å². The lowest BCUT2D eigenvalue weighted by Gasteiger charge is -2.26. The summed E-state index contributed by atoms with van der Waals surface area (Å²) in [5, 5.41) is 3.95. The fourth-order valence-electron chi connectivity index (χ4n) is 4.08. The molecule has 2 aromatic rings. The number of fused-ring (bicyclic) bond motifs is 1. The minimum atomic E-state index is 0.136. The van der Waals surface area contributed by atoms with Crippen molar-refractivity contribution in [2.45, 2.75) is 57.4 Å². The summed E-state index contributed by atoms with van der Waals surface area (Å²) in [7, 11) is 0. The summed E-state index contributed by atoms with van der Waals surface area (Å²) in [6.07, 6.45) is 7.80. The summed E-state index contributed by atoms with van der Waals surface area (Å²) in [6.45, 7) is 1.18. The van der Waals surface area contributed by atoms with Crippen LogP contribution in [0, 0.1) is 0 Å². The van der Waals surface area contributed by atoms with Crippen LogP contribution in [-0.2, 0) is 24.2 Å². The van der Waals surface area contributed by atoms with Gasteiger partial charge in [0.2, 0.25) is 11.8 Å². The van der Waals surface area contributed by atoms with Crippen LogP contribution in [0.4, 0.5) is 5.88 Å². The van der Waals surface area contributed by atoms with Crippen molar-refractivity contribution in [3.05, 3.63) is 46.6 Å². The number of aromatic nitrogens is 1. The Kier molecular flexibility index (Phi) is 4.47. The number of carbonyl (C=O) groups is 1. The van der Waals surface area contributed by atoms with Gasteiger partial charge in [0.15, 0.2) is 0 Å². The van der Waals surface area contributed by atoms with Crippen LogP contribution >= 0.6 is 0 Å². The van der Waals surface area contributed by atoms with Crippen molar-refractivity contribution in [1.82, 2.24) is 10.1 Å². The van der Waals surface area contributed by atoms with Crippen molar-refractivity contribution < 1.29 is 9.32 Å². The molecule has 1 aromatic heterocycles. The molecule has 1 amide bonds. The van der Waals surface area contributed by atoms with Crippen LogP contribution in [0.3, 0.4) is 0 Å². The van der Waals surface area contributed by atoms with E-state index in [1.807, 2.05) is 4.90 Å². The van der Waals surface area contributed by atoms with E-state index in [-0.39, 0.29) is 5.91 Å². The second-order valence-corrected chi connectivity index (χ2v) is 7.29. The number of anilines is 1. The van der Waals surface area contributed by atoms with E-state index in [0.717, 1.165) is 16.8 Å². The molecule has 0 saturated heterocycles. The van der Waals surface area contributed by atoms with Crippen LogP contribution in [0.1, 0.15) is 60.4 Å². The first-order chi connectivity index (χ1) is 12.2. The summed E-state index contributed by atoms with van der Waals surface area (Å²) in [5.74, 6) is 1.18. The summed E-state index contributed by atoms with van der Waals surface area (Å²) in [5.41, 5.74) is 10.1. The monoisotopic (exact) mass is 339 g/mol. The molecule has 0 unspecified atom stereocenters. The van der Waals surface area contributed by atoms with Crippen LogP contribution in [-0.4, -0.2) is 22.5 Å². The van der Waals surface area contributed by atoms with Crippen LogP contribution in [0.5, 0.6) is 0 Å². The molecule has 25 heavy (non-hydrogen) atoms. The molecule has 0 radical (unpaired) electrons. The number of nitrogens with zero attached hydrogens (tertiary/aromatic N) is 2. The van der Waals surface area contributed by atoms with Crippen molar-refractivity contribution in [2.75, 3.05) is 12.3 Å². The van der Waals surface area contributed by atoms with Crippen LogP contribution in [0.15, 0.2) is 28.8 Å². The number of nitrogen functional groups attached to an aromatic ring is 1. The first-order valence-electron chi connectivity index (χ1n) is 9.30. The Labute approximate surface area is 148 Å². The molecule has 1 aromatic carbocycles. The van der Waals surface area contributed by atoms with Gasteiger partial charge in [0.05, 0.1) is 24.2 Å². The zero-order chi connectivity index (χ0) is 17.2. The molecule has 5 nitrogen and oxygen atoms in total. The third-order valence-corrected chi connectivity index (χ3v) is 5.63. The Bertz CT molecular complexity index is 745. The van der Waals surface area contributed by atoms with Crippen LogP contribution in [0.25, 0.3) is 0 Å². The first-order valence-corrected chi connectivity index (χ1v) is 9.30. The first kappa shape index (κ1) is 16.2. The van der Waals surface area contributed by atoms with E-state index in [2.05, 4.69) is 29.4 Å². The molecular weight excluding hydrogens is 314 g/mol. The Hall–Kier alpha value is -2.30. The molecule has 0 spiro atoms. The van der Waals surface area contributed by atoms with Gasteiger partial charge in [-0.2, -0.15) is 0 Å². The van der Waals surface area contributed by atoms with Gasteiger partial charge in [0.1, 0.15) is 0 Å². The molecule has 5 heteroatoms. The molecule has 2 heterocycles. The summed E-state index contributed by atoms with van der Waals surface area (Å²) in [6, 6.07) is 8.66. The van der Waals surface area contributed by atoms with E-state index in [4.69, 9.17) is 10.3 Å². The fourth-order valence-corrected chi connectivity index (χ4v) is 4.08. The number of amides is 1. The topological polar surface area (TPSA) is 72.4 Å². The molecule has 132 valence electrons. The summed E-state index contributed by atoms with van der Waals surface area (Å²) >= 11 is 0. The van der Waals surface area contributed by atoms with Crippen molar-refractivity contribution in [1.29, 1.82) is 0 Å². The van der Waals surface area contributed by atoms with Crippen molar-refractivity contribution in [2.24, 2.45) is 0 Å². The van der Waals surface area contributed by atoms with Gasteiger partial charge < -0.3 is 15.2 Å². The minimum absolute atomic E-state index is 0.136. The quantitative estimate of drug-likeness (QED) is 0.930. The lowest BCUT2D eigenvalue weighted by molar-refractivity contribution is -0.131. The number of rotatable bonds is 3. The third-order valence-electron chi connectivity index (χ3n) is 5.63. The van der Waals surface area contributed by atoms with Gasteiger partial charge in [-0.25, -0.2) is 0 Å². The lowest BCUT2D eigenvalue weighted by atomic mass is 9.84. The van der Waals surface area contributed by atoms with E-state index in [9.17, 15) is 4.79 Å². The highest BCUT2D eigenvalue weighted by Crippen LogP contribution is 2.32. The zero-order valence-corrected chi connectivity index (χ0v) is 14.5. The molecule has 4 rings (SSSR count). The lowest BCUT2D eigenvalue weighted by Crippen LogP contribution is -2.36. The van der Waals surface area contributed by atoms with Gasteiger partial charge >= 0.3 is 0 Å². The van der Waals surface area contributed by atoms with Crippen molar-refractivity contribution >= 4 is 11.8 Å². The van der Waals surface area contributed by atoms with Crippen LogP contribution in [0.2, 0.25) is 0 Å². The molecule has 1 fully saturated rings. The molecular formula is C20H25N3O2. The zero-order valence-electron chi connectivity index (χ0n) is 14.5. The van der Waals surface area contributed by atoms with Gasteiger partial charge in [-0.05, 0) is 29.9 Å². The average molecular weight is 339 g/mol. The Morgan fingerprint density at radius 3 is 2.72 bits per heavy atom. The van der Waals surface area contributed by atoms with E-state index >= 15 is 0 Å². The third kappa shape index (κ3) is 3.41. The SMILES string of the molecule is Nc1onc2c1CN(C(=O)Cc1ccc(C3CCCCC3)cc1)CC2. The highest BCUT2D eigenvalue weighted by Gasteiger charge is 2.26. The normalized spacial score (nSPS) is 18.2. The van der Waals surface area contributed by atoms with Gasteiger partial charge in [0, 0.05) is 13.0 Å². The predicted molar refractivity (Wildman–Crippen MR) is 96.0 cm³/mol. The van der Waals surface area contributed by atoms with E-state index < -0.39 is 0 Å². The number of nitrogens with two attached hydrogens (primary N) is 1. The van der Waals surface area contributed by atoms with Crippen molar-refractivity contribution in [3.63, 3.8) is 0 Å². The molecule has 1 aliphatic carbocycles. The Morgan fingerprint density at radius 1 is 1.20 bits per heavy atom. The maximum absolute atomic E-state index is 12.6. The molecule has 2 N–H and O–H groups in total. The van der Waals surface area contributed by atoms with Gasteiger partial charge in [-0.3, -0.25) is 4.79 Å². The Balaban J connectivity index is 1.38.